The van der Waals surface area contributed by atoms with Crippen LogP contribution in [0.1, 0.15) is 53.0 Å². The molecule has 1 aliphatic carbocycles. The van der Waals surface area contributed by atoms with Crippen LogP contribution in [0, 0.1) is 5.92 Å². The topological polar surface area (TPSA) is 18.5 Å². The van der Waals surface area contributed by atoms with Gasteiger partial charge in [0.1, 0.15) is 0 Å². The van der Waals surface area contributed by atoms with E-state index in [1.165, 1.54) is 18.4 Å². The maximum Gasteiger partial charge on any atom is 0.469 e. The van der Waals surface area contributed by atoms with E-state index in [1.807, 2.05) is 0 Å². The first-order chi connectivity index (χ1) is 9.67. The highest BCUT2D eigenvalue weighted by atomic mass is 79.9. The van der Waals surface area contributed by atoms with Crippen LogP contribution in [0.4, 0.5) is 0 Å². The lowest BCUT2D eigenvalue weighted by molar-refractivity contribution is 0.00578. The highest BCUT2D eigenvalue weighted by Gasteiger charge is 2.62. The maximum atomic E-state index is 6.38. The van der Waals surface area contributed by atoms with Crippen LogP contribution >= 0.6 is 15.9 Å². The summed E-state index contributed by atoms with van der Waals surface area (Å²) in [5, 5.41) is -0.0776. The molecule has 1 aromatic rings. The first-order valence-corrected chi connectivity index (χ1v) is 8.58. The molecule has 1 heterocycles. The minimum absolute atomic E-state index is 0.0776. The molecule has 3 rings (SSSR count). The fourth-order valence-electron chi connectivity index (χ4n) is 3.14. The predicted octanol–water partition coefficient (Wildman–Crippen LogP) is 4.75. The van der Waals surface area contributed by atoms with Crippen LogP contribution in [0.2, 0.25) is 0 Å². The smallest absolute Gasteiger partial charge is 0.403 e. The molecule has 1 aliphatic heterocycles. The molecule has 4 heteroatoms. The van der Waals surface area contributed by atoms with Crippen LogP contribution in [-0.4, -0.2) is 18.3 Å². The molecular weight excluding hydrogens is 327 g/mol. The first kappa shape index (κ1) is 15.6. The van der Waals surface area contributed by atoms with Crippen molar-refractivity contribution in [2.75, 3.05) is 0 Å². The van der Waals surface area contributed by atoms with E-state index in [4.69, 9.17) is 9.31 Å². The largest absolute Gasteiger partial charge is 0.469 e. The van der Waals surface area contributed by atoms with Crippen molar-refractivity contribution in [1.29, 1.82) is 0 Å². The third-order valence-electron chi connectivity index (χ3n) is 5.63. The second kappa shape index (κ2) is 4.84. The summed E-state index contributed by atoms with van der Waals surface area (Å²) >= 11 is 3.52. The van der Waals surface area contributed by atoms with Crippen LogP contribution in [0.3, 0.4) is 0 Å². The summed E-state index contributed by atoms with van der Waals surface area (Å²) in [5.41, 5.74) is 0.763. The third kappa shape index (κ3) is 2.49. The lowest BCUT2D eigenvalue weighted by Crippen LogP contribution is -2.45. The normalized spacial score (nSPS) is 26.7. The van der Waals surface area contributed by atoms with E-state index in [-0.39, 0.29) is 23.6 Å². The van der Waals surface area contributed by atoms with Gasteiger partial charge in [-0.05, 0) is 64.2 Å². The molecule has 0 unspecified atom stereocenters. The van der Waals surface area contributed by atoms with Crippen molar-refractivity contribution in [3.8, 4) is 0 Å². The second-order valence-corrected chi connectivity index (χ2v) is 8.57. The lowest BCUT2D eigenvalue weighted by atomic mass is 9.52. The van der Waals surface area contributed by atoms with E-state index >= 15 is 0 Å². The van der Waals surface area contributed by atoms with Gasteiger partial charge >= 0.3 is 7.12 Å². The van der Waals surface area contributed by atoms with Crippen LogP contribution in [0.15, 0.2) is 28.7 Å². The van der Waals surface area contributed by atoms with Crippen molar-refractivity contribution < 1.29 is 9.31 Å². The van der Waals surface area contributed by atoms with Crippen molar-refractivity contribution in [2.24, 2.45) is 5.92 Å². The van der Waals surface area contributed by atoms with Gasteiger partial charge in [0.15, 0.2) is 0 Å². The average molecular weight is 351 g/mol. The lowest BCUT2D eigenvalue weighted by Gasteiger charge is -2.32. The molecule has 2 fully saturated rings. The van der Waals surface area contributed by atoms with E-state index in [0.29, 0.717) is 5.92 Å². The Morgan fingerprint density at radius 2 is 1.52 bits per heavy atom. The molecule has 0 amide bonds. The second-order valence-electron chi connectivity index (χ2n) is 7.65. The average Bonchev–Trinajstić information content (AvgIpc) is 3.18. The summed E-state index contributed by atoms with van der Waals surface area (Å²) in [6.45, 7) is 10.8. The number of rotatable bonds is 3. The Morgan fingerprint density at radius 1 is 1.05 bits per heavy atom. The fraction of sp³-hybridized carbons (Fsp3) is 0.647. The zero-order valence-electron chi connectivity index (χ0n) is 13.6. The minimum atomic E-state index is -0.275. The molecule has 114 valence electrons. The van der Waals surface area contributed by atoms with Gasteiger partial charge in [-0.3, -0.25) is 0 Å². The summed E-state index contributed by atoms with van der Waals surface area (Å²) < 4.78 is 13.9. The minimum Gasteiger partial charge on any atom is -0.403 e. The highest BCUT2D eigenvalue weighted by molar-refractivity contribution is 9.10. The summed E-state index contributed by atoms with van der Waals surface area (Å²) in [6.07, 6.45) is 2.52. The Kier molecular flexibility index (Phi) is 3.59. The standard InChI is InChI=1S/C17H24BBrO2/c1-15(2)16(3,4)21-18(20-15)17(5,12-6-7-12)13-8-10-14(19)11-9-13/h8-12H,6-7H2,1-5H3/t17-/m1/s1. The Hall–Kier alpha value is -0.315. The van der Waals surface area contributed by atoms with Gasteiger partial charge in [0, 0.05) is 9.79 Å². The zero-order valence-corrected chi connectivity index (χ0v) is 15.2. The molecule has 1 saturated heterocycles. The van der Waals surface area contributed by atoms with Gasteiger partial charge in [0.2, 0.25) is 0 Å². The Balaban J connectivity index is 1.98. The molecule has 1 saturated carbocycles. The van der Waals surface area contributed by atoms with E-state index in [9.17, 15) is 0 Å². The van der Waals surface area contributed by atoms with Crippen molar-refractivity contribution in [3.63, 3.8) is 0 Å². The number of halogens is 1. The number of benzene rings is 1. The monoisotopic (exact) mass is 350 g/mol. The number of hydrogen-bond acceptors (Lipinski definition) is 2. The van der Waals surface area contributed by atoms with E-state index in [0.717, 1.165) is 4.47 Å². The van der Waals surface area contributed by atoms with Crippen molar-refractivity contribution >= 4 is 23.0 Å². The maximum absolute atomic E-state index is 6.38. The fourth-order valence-corrected chi connectivity index (χ4v) is 3.41. The Bertz CT molecular complexity index is 520. The molecule has 21 heavy (non-hydrogen) atoms. The van der Waals surface area contributed by atoms with E-state index in [2.05, 4.69) is 74.8 Å². The van der Waals surface area contributed by atoms with E-state index in [1.54, 1.807) is 0 Å². The van der Waals surface area contributed by atoms with Crippen molar-refractivity contribution in [3.05, 3.63) is 34.3 Å². The molecule has 1 atom stereocenters. The number of hydrogen-bond donors (Lipinski definition) is 0. The zero-order chi connectivity index (χ0) is 15.5. The molecular formula is C17H24BBrO2. The van der Waals surface area contributed by atoms with Crippen molar-refractivity contribution in [1.82, 2.24) is 0 Å². The van der Waals surface area contributed by atoms with Gasteiger partial charge in [-0.15, -0.1) is 0 Å². The van der Waals surface area contributed by atoms with Crippen LogP contribution < -0.4 is 0 Å². The molecule has 0 N–H and O–H groups in total. The van der Waals surface area contributed by atoms with Crippen LogP contribution in [0.25, 0.3) is 0 Å². The summed E-state index contributed by atoms with van der Waals surface area (Å²) in [4.78, 5) is 0. The molecule has 0 aromatic heterocycles. The Morgan fingerprint density at radius 3 is 1.95 bits per heavy atom. The molecule has 2 aliphatic rings. The van der Waals surface area contributed by atoms with Gasteiger partial charge in [-0.2, -0.15) is 0 Å². The van der Waals surface area contributed by atoms with Gasteiger partial charge < -0.3 is 9.31 Å². The summed E-state index contributed by atoms with van der Waals surface area (Å²) in [6, 6.07) is 8.63. The van der Waals surface area contributed by atoms with Crippen molar-refractivity contribution in [2.45, 2.75) is 64.0 Å². The molecule has 0 bridgehead atoms. The SMILES string of the molecule is CC1(C)OB([C@@](C)(c2ccc(Br)cc2)C2CC2)OC1(C)C. The predicted molar refractivity (Wildman–Crippen MR) is 90.3 cm³/mol. The van der Waals surface area contributed by atoms with Gasteiger partial charge in [-0.1, -0.05) is 35.0 Å². The van der Waals surface area contributed by atoms with Crippen LogP contribution in [-0.2, 0) is 14.6 Å². The van der Waals surface area contributed by atoms with Gasteiger partial charge in [0.05, 0.1) is 11.2 Å². The summed E-state index contributed by atoms with van der Waals surface area (Å²) in [7, 11) is -0.184. The first-order valence-electron chi connectivity index (χ1n) is 7.78. The third-order valence-corrected chi connectivity index (χ3v) is 6.16. The molecule has 2 nitrogen and oxygen atoms in total. The van der Waals surface area contributed by atoms with E-state index < -0.39 is 0 Å². The van der Waals surface area contributed by atoms with Gasteiger partial charge in [0.25, 0.3) is 0 Å². The summed E-state index contributed by atoms with van der Waals surface area (Å²) in [5.74, 6) is 0.647. The van der Waals surface area contributed by atoms with Gasteiger partial charge in [-0.25, -0.2) is 0 Å². The molecule has 1 aromatic carbocycles. The highest BCUT2D eigenvalue weighted by Crippen LogP contribution is 2.53. The molecule has 0 spiro atoms. The molecule has 0 radical (unpaired) electrons. The van der Waals surface area contributed by atoms with Crippen LogP contribution in [0.5, 0.6) is 0 Å². The quantitative estimate of drug-likeness (QED) is 0.732. The Labute approximate surface area is 136 Å².